The van der Waals surface area contributed by atoms with Crippen LogP contribution in [0.2, 0.25) is 0 Å². The van der Waals surface area contributed by atoms with Gasteiger partial charge in [0, 0.05) is 34.4 Å². The van der Waals surface area contributed by atoms with E-state index in [4.69, 9.17) is 4.74 Å². The molecular formula is C28H38N8O5. The molecule has 3 aromatic rings. The Morgan fingerprint density at radius 3 is 2.56 bits per heavy atom. The number of rotatable bonds is 12. The Kier molecular flexibility index (Phi) is 10.7. The zero-order chi connectivity index (χ0) is 30.1. The summed E-state index contributed by atoms with van der Waals surface area (Å²) in [7, 11) is 6.25. The first kappa shape index (κ1) is 31.0. The van der Waals surface area contributed by atoms with E-state index in [9.17, 15) is 19.2 Å². The van der Waals surface area contributed by atoms with Crippen molar-refractivity contribution in [1.29, 1.82) is 0 Å². The van der Waals surface area contributed by atoms with Crippen molar-refractivity contribution >= 4 is 34.8 Å². The molecular weight excluding hydrogens is 528 g/mol. The second-order valence-electron chi connectivity index (χ2n) is 10.5. The Hall–Kier alpha value is -4.55. The van der Waals surface area contributed by atoms with Gasteiger partial charge in [0.25, 0.3) is 11.5 Å². The lowest BCUT2D eigenvalue weighted by atomic mass is 10.1. The number of likely N-dealkylation sites (N-methyl/N-ethyl adjacent to an activating group) is 1. The van der Waals surface area contributed by atoms with Gasteiger partial charge < -0.3 is 29.4 Å². The average molecular weight is 567 g/mol. The first-order chi connectivity index (χ1) is 19.5. The molecule has 0 unspecified atom stereocenters. The Balaban J connectivity index is 1.76. The van der Waals surface area contributed by atoms with Gasteiger partial charge in [-0.05, 0) is 49.8 Å². The molecule has 3 rings (SSSR count). The van der Waals surface area contributed by atoms with Crippen LogP contribution in [0.4, 0.5) is 10.5 Å². The van der Waals surface area contributed by atoms with Gasteiger partial charge in [-0.25, -0.2) is 19.7 Å². The van der Waals surface area contributed by atoms with E-state index in [2.05, 4.69) is 39.1 Å². The minimum atomic E-state index is -1.18. The molecule has 0 saturated carbocycles. The average Bonchev–Trinajstić information content (AvgIpc) is 3.34. The number of aryl methyl sites for hydroxylation is 1. The second kappa shape index (κ2) is 14.2. The number of hydrogen-bond acceptors (Lipinski definition) is 8. The first-order valence-electron chi connectivity index (χ1n) is 13.4. The largest absolute Gasteiger partial charge is 0.436 e. The van der Waals surface area contributed by atoms with Crippen LogP contribution < -0.4 is 10.9 Å². The van der Waals surface area contributed by atoms with Crippen LogP contribution in [-0.4, -0.2) is 86.5 Å². The predicted molar refractivity (Wildman–Crippen MR) is 154 cm³/mol. The van der Waals surface area contributed by atoms with E-state index < -0.39 is 23.7 Å². The molecule has 1 atom stereocenters. The quantitative estimate of drug-likeness (QED) is 0.317. The topological polar surface area (TPSA) is 155 Å². The smallest absolute Gasteiger partial charge is 0.410 e. The number of anilines is 1. The third-order valence-corrected chi connectivity index (χ3v) is 6.16. The molecule has 0 aliphatic rings. The summed E-state index contributed by atoms with van der Waals surface area (Å²) in [6, 6.07) is 3.11. The number of nitrogens with one attached hydrogen (secondary N) is 2. The van der Waals surface area contributed by atoms with Gasteiger partial charge in [0.2, 0.25) is 5.91 Å². The molecule has 41 heavy (non-hydrogen) atoms. The zero-order valence-electron chi connectivity index (χ0n) is 24.4. The van der Waals surface area contributed by atoms with Crippen molar-refractivity contribution in [1.82, 2.24) is 34.3 Å². The molecule has 220 valence electrons. The van der Waals surface area contributed by atoms with E-state index in [-0.39, 0.29) is 24.6 Å². The Morgan fingerprint density at radius 2 is 1.88 bits per heavy atom. The molecule has 0 spiro atoms. The summed E-state index contributed by atoms with van der Waals surface area (Å²) in [5.41, 5.74) is 1.68. The van der Waals surface area contributed by atoms with Crippen molar-refractivity contribution in [2.24, 2.45) is 5.92 Å². The van der Waals surface area contributed by atoms with E-state index in [1.807, 2.05) is 0 Å². The number of H-pyrrole nitrogens is 1. The van der Waals surface area contributed by atoms with Gasteiger partial charge in [0.15, 0.2) is 11.8 Å². The lowest BCUT2D eigenvalue weighted by molar-refractivity contribution is -0.125. The van der Waals surface area contributed by atoms with Gasteiger partial charge in [-0.1, -0.05) is 19.9 Å². The van der Waals surface area contributed by atoms with Crippen LogP contribution in [0.3, 0.4) is 0 Å². The number of carbonyl (C=O) groups excluding carboxylic acids is 3. The molecule has 3 amide bonds. The first-order valence-corrected chi connectivity index (χ1v) is 13.4. The molecule has 0 aliphatic heterocycles. The van der Waals surface area contributed by atoms with Crippen molar-refractivity contribution in [3.8, 4) is 0 Å². The zero-order valence-corrected chi connectivity index (χ0v) is 24.4. The highest BCUT2D eigenvalue weighted by Gasteiger charge is 2.24. The predicted octanol–water partition coefficient (Wildman–Crippen LogP) is 2.58. The van der Waals surface area contributed by atoms with Gasteiger partial charge in [-0.2, -0.15) is 0 Å². The van der Waals surface area contributed by atoms with E-state index >= 15 is 0 Å². The number of fused-ring (bicyclic) bond motifs is 1. The highest BCUT2D eigenvalue weighted by Crippen LogP contribution is 2.16. The third-order valence-electron chi connectivity index (χ3n) is 6.16. The third kappa shape index (κ3) is 8.72. The van der Waals surface area contributed by atoms with Crippen LogP contribution in [0, 0.1) is 5.92 Å². The van der Waals surface area contributed by atoms with Crippen molar-refractivity contribution < 1.29 is 19.1 Å². The Morgan fingerprint density at radius 1 is 1.12 bits per heavy atom. The monoisotopic (exact) mass is 566 g/mol. The summed E-state index contributed by atoms with van der Waals surface area (Å²) in [5, 5.41) is 2.59. The lowest BCUT2D eigenvalue weighted by Crippen LogP contribution is -2.37. The maximum atomic E-state index is 13.2. The van der Waals surface area contributed by atoms with Gasteiger partial charge in [0.1, 0.15) is 23.4 Å². The molecule has 3 aromatic heterocycles. The number of imidazole rings is 1. The fraction of sp³-hybridized carbons (Fsp3) is 0.464. The molecule has 13 heteroatoms. The fourth-order valence-electron chi connectivity index (χ4n) is 3.79. The fourth-order valence-corrected chi connectivity index (χ4v) is 3.79. The minimum Gasteiger partial charge on any atom is -0.436 e. The molecule has 2 N–H and O–H groups in total. The SMILES string of the molecule is CC(C)CCc1ncnc2[nH]c(Cn3cccc(NC(=O)[C@H](CC/C=C/C(=O)N(C)C)OC(=O)N(C)C)c3=O)nc12. The summed E-state index contributed by atoms with van der Waals surface area (Å²) in [6.45, 7) is 4.41. The van der Waals surface area contributed by atoms with E-state index in [0.717, 1.165) is 18.5 Å². The van der Waals surface area contributed by atoms with Gasteiger partial charge in [-0.3, -0.25) is 14.4 Å². The number of hydrogen-bond donors (Lipinski definition) is 2. The van der Waals surface area contributed by atoms with E-state index in [1.165, 1.54) is 46.9 Å². The number of pyridine rings is 1. The molecule has 3 heterocycles. The molecule has 13 nitrogen and oxygen atoms in total. The van der Waals surface area contributed by atoms with Gasteiger partial charge in [0.05, 0.1) is 12.2 Å². The van der Waals surface area contributed by atoms with Crippen LogP contribution in [0.5, 0.6) is 0 Å². The van der Waals surface area contributed by atoms with Crippen LogP contribution in [0.1, 0.15) is 44.6 Å². The lowest BCUT2D eigenvalue weighted by Gasteiger charge is -2.19. The second-order valence-corrected chi connectivity index (χ2v) is 10.5. The number of carbonyl (C=O) groups is 3. The molecule has 0 fully saturated rings. The van der Waals surface area contributed by atoms with Crippen LogP contribution in [0.15, 0.2) is 41.6 Å². The number of nitrogens with zero attached hydrogens (tertiary/aromatic N) is 6. The maximum Gasteiger partial charge on any atom is 0.410 e. The highest BCUT2D eigenvalue weighted by molar-refractivity contribution is 5.95. The molecule has 0 aromatic carbocycles. The van der Waals surface area contributed by atoms with Gasteiger partial charge >= 0.3 is 6.09 Å². The van der Waals surface area contributed by atoms with Crippen molar-refractivity contribution in [2.75, 3.05) is 33.5 Å². The molecule has 0 saturated heterocycles. The normalized spacial score (nSPS) is 12.1. The molecule has 0 bridgehead atoms. The number of amides is 3. The number of aromatic nitrogens is 5. The van der Waals surface area contributed by atoms with E-state index in [0.29, 0.717) is 29.3 Å². The summed E-state index contributed by atoms with van der Waals surface area (Å²) in [6.07, 6.45) is 6.33. The maximum absolute atomic E-state index is 13.2. The van der Waals surface area contributed by atoms with Gasteiger partial charge in [-0.15, -0.1) is 0 Å². The molecule has 0 radical (unpaired) electrons. The Bertz CT molecular complexity index is 1460. The number of ether oxygens (including phenoxy) is 1. The number of aromatic amines is 1. The van der Waals surface area contributed by atoms with Crippen LogP contribution >= 0.6 is 0 Å². The highest BCUT2D eigenvalue weighted by atomic mass is 16.6. The van der Waals surface area contributed by atoms with Crippen LogP contribution in [-0.2, 0) is 27.3 Å². The Labute approximate surface area is 238 Å². The van der Waals surface area contributed by atoms with Crippen molar-refractivity contribution in [3.05, 3.63) is 58.7 Å². The summed E-state index contributed by atoms with van der Waals surface area (Å²) >= 11 is 0. The number of allylic oxidation sites excluding steroid dienone is 1. The minimum absolute atomic E-state index is 0.0234. The molecule has 0 aliphatic carbocycles. The summed E-state index contributed by atoms with van der Waals surface area (Å²) < 4.78 is 6.76. The van der Waals surface area contributed by atoms with Crippen molar-refractivity contribution in [2.45, 2.75) is 52.2 Å². The van der Waals surface area contributed by atoms with Crippen LogP contribution in [0.25, 0.3) is 11.2 Å². The van der Waals surface area contributed by atoms with E-state index in [1.54, 1.807) is 32.4 Å². The van der Waals surface area contributed by atoms with Crippen molar-refractivity contribution in [3.63, 3.8) is 0 Å². The summed E-state index contributed by atoms with van der Waals surface area (Å²) in [4.78, 5) is 69.4. The standard InChI is InChI=1S/C28H38N8O5/c1-18(2)13-14-19-24-25(30-17-29-19)33-22(32-24)16-36-15-9-10-20(27(36)39)31-26(38)21(41-28(40)35(5)6)11-7-8-12-23(37)34(3)4/h8-10,12,15,17-18,21H,7,11,13-14,16H2,1-6H3,(H,31,38)(H,29,30,32,33)/b12-8+/t21-/m0/s1. The summed E-state index contributed by atoms with van der Waals surface area (Å²) in [5.74, 6) is 0.180.